The number of benzene rings is 1. The third kappa shape index (κ3) is 5.22. The van der Waals surface area contributed by atoms with Crippen LogP contribution < -0.4 is 9.47 Å². The van der Waals surface area contributed by atoms with Crippen LogP contribution in [0.3, 0.4) is 0 Å². The molecule has 7 heteroatoms. The maximum atomic E-state index is 12.2. The van der Waals surface area contributed by atoms with Crippen molar-refractivity contribution in [2.75, 3.05) is 14.2 Å². The second-order valence-corrected chi connectivity index (χ2v) is 6.93. The van der Waals surface area contributed by atoms with Gasteiger partial charge in [-0.3, -0.25) is 4.79 Å². The van der Waals surface area contributed by atoms with Crippen LogP contribution in [0.1, 0.15) is 40.0 Å². The number of ether oxygens (including phenoxy) is 3. The van der Waals surface area contributed by atoms with E-state index in [1.807, 2.05) is 13.8 Å². The molecule has 0 amide bonds. The van der Waals surface area contributed by atoms with Crippen LogP contribution >= 0.6 is 11.6 Å². The Morgan fingerprint density at radius 1 is 1.15 bits per heavy atom. The molecule has 0 aliphatic rings. The molecule has 0 N–H and O–H groups in total. The summed E-state index contributed by atoms with van der Waals surface area (Å²) in [6, 6.07) is 5.38. The van der Waals surface area contributed by atoms with Crippen molar-refractivity contribution in [1.82, 2.24) is 9.97 Å². The zero-order chi connectivity index (χ0) is 20.0. The Balaban J connectivity index is 2.26. The maximum Gasteiger partial charge on any atom is 0.309 e. The molecule has 0 aliphatic carbocycles. The van der Waals surface area contributed by atoms with E-state index < -0.39 is 0 Å². The van der Waals surface area contributed by atoms with E-state index in [0.717, 1.165) is 6.42 Å². The Morgan fingerprint density at radius 2 is 1.89 bits per heavy atom. The number of methoxy groups -OCH3 is 2. The standard InChI is InChI=1S/C20H27ClN2O4/c1-6-12(3)15(20(24)26-5)10-13(7-2)27-19-18(21)22-16-9-8-14(25-4)11-17(16)23-19/h8-9,11-13,15H,6-7,10H2,1-5H3. The van der Waals surface area contributed by atoms with Crippen LogP contribution in [0.2, 0.25) is 5.15 Å². The molecule has 2 rings (SSSR count). The summed E-state index contributed by atoms with van der Waals surface area (Å²) in [5.41, 5.74) is 1.29. The number of fused-ring (bicyclic) bond motifs is 1. The van der Waals surface area contributed by atoms with Gasteiger partial charge in [-0.15, -0.1) is 0 Å². The summed E-state index contributed by atoms with van der Waals surface area (Å²) < 4.78 is 16.2. The Bertz CT molecular complexity index is 784. The number of rotatable bonds is 9. The second-order valence-electron chi connectivity index (χ2n) is 6.57. The highest BCUT2D eigenvalue weighted by Crippen LogP contribution is 2.29. The molecule has 3 atom stereocenters. The van der Waals surface area contributed by atoms with Crippen LogP contribution in [0.4, 0.5) is 0 Å². The largest absolute Gasteiger partial charge is 0.497 e. The lowest BCUT2D eigenvalue weighted by molar-refractivity contribution is -0.148. The number of carbonyl (C=O) groups excluding carboxylic acids is 1. The molecule has 0 bridgehead atoms. The minimum Gasteiger partial charge on any atom is -0.497 e. The minimum atomic E-state index is -0.239. The van der Waals surface area contributed by atoms with Crippen LogP contribution in [0, 0.1) is 11.8 Å². The molecule has 0 fully saturated rings. The van der Waals surface area contributed by atoms with E-state index in [0.29, 0.717) is 29.6 Å². The summed E-state index contributed by atoms with van der Waals surface area (Å²) in [6.45, 7) is 6.10. The van der Waals surface area contributed by atoms with Gasteiger partial charge in [-0.2, -0.15) is 0 Å². The molecule has 27 heavy (non-hydrogen) atoms. The van der Waals surface area contributed by atoms with Crippen LogP contribution in [0.25, 0.3) is 11.0 Å². The lowest BCUT2D eigenvalue weighted by Gasteiger charge is -2.25. The van der Waals surface area contributed by atoms with Crippen LogP contribution in [-0.4, -0.2) is 36.3 Å². The Hall–Kier alpha value is -2.08. The van der Waals surface area contributed by atoms with Crippen molar-refractivity contribution in [3.63, 3.8) is 0 Å². The molecule has 0 saturated carbocycles. The molecule has 3 unspecified atom stereocenters. The molecule has 1 heterocycles. The first-order chi connectivity index (χ1) is 12.9. The maximum absolute atomic E-state index is 12.2. The van der Waals surface area contributed by atoms with Gasteiger partial charge < -0.3 is 14.2 Å². The third-order valence-electron chi connectivity index (χ3n) is 4.88. The van der Waals surface area contributed by atoms with Crippen molar-refractivity contribution in [1.29, 1.82) is 0 Å². The lowest BCUT2D eigenvalue weighted by Crippen LogP contribution is -2.30. The number of nitrogens with zero attached hydrogens (tertiary/aromatic N) is 2. The molecule has 2 aromatic rings. The van der Waals surface area contributed by atoms with Gasteiger partial charge in [-0.1, -0.05) is 38.8 Å². The van der Waals surface area contributed by atoms with Gasteiger partial charge in [0.2, 0.25) is 0 Å². The zero-order valence-corrected chi connectivity index (χ0v) is 17.2. The first kappa shape index (κ1) is 21.2. The van der Waals surface area contributed by atoms with Crippen LogP contribution in [-0.2, 0) is 9.53 Å². The summed E-state index contributed by atoms with van der Waals surface area (Å²) in [7, 11) is 3.01. The fraction of sp³-hybridized carbons (Fsp3) is 0.550. The van der Waals surface area contributed by atoms with Crippen molar-refractivity contribution in [3.8, 4) is 11.6 Å². The highest BCUT2D eigenvalue weighted by molar-refractivity contribution is 6.31. The summed E-state index contributed by atoms with van der Waals surface area (Å²) in [6.07, 6.45) is 1.90. The van der Waals surface area contributed by atoms with Gasteiger partial charge in [-0.25, -0.2) is 9.97 Å². The molecule has 0 saturated heterocycles. The predicted molar refractivity (Wildman–Crippen MR) is 105 cm³/mol. The number of hydrogen-bond donors (Lipinski definition) is 0. The quantitative estimate of drug-likeness (QED) is 0.575. The minimum absolute atomic E-state index is 0.192. The topological polar surface area (TPSA) is 70.5 Å². The van der Waals surface area contributed by atoms with Crippen molar-refractivity contribution in [2.24, 2.45) is 11.8 Å². The molecule has 0 aliphatic heterocycles. The Morgan fingerprint density at radius 3 is 2.48 bits per heavy atom. The van der Waals surface area contributed by atoms with E-state index in [-0.39, 0.29) is 34.9 Å². The number of carbonyl (C=O) groups is 1. The van der Waals surface area contributed by atoms with Crippen LogP contribution in [0.15, 0.2) is 18.2 Å². The van der Waals surface area contributed by atoms with E-state index in [1.165, 1.54) is 7.11 Å². The third-order valence-corrected chi connectivity index (χ3v) is 5.13. The first-order valence-electron chi connectivity index (χ1n) is 9.19. The van der Waals surface area contributed by atoms with E-state index in [9.17, 15) is 4.79 Å². The van der Waals surface area contributed by atoms with Crippen molar-refractivity contribution >= 4 is 28.6 Å². The molecule has 1 aromatic carbocycles. The van der Waals surface area contributed by atoms with Gasteiger partial charge in [0.25, 0.3) is 5.88 Å². The highest BCUT2D eigenvalue weighted by Gasteiger charge is 2.29. The van der Waals surface area contributed by atoms with E-state index in [1.54, 1.807) is 25.3 Å². The monoisotopic (exact) mass is 394 g/mol. The van der Waals surface area contributed by atoms with Crippen molar-refractivity contribution in [2.45, 2.75) is 46.1 Å². The summed E-state index contributed by atoms with van der Waals surface area (Å²) in [5.74, 6) is 0.679. The number of esters is 1. The molecule has 148 valence electrons. The smallest absolute Gasteiger partial charge is 0.309 e. The number of aromatic nitrogens is 2. The fourth-order valence-corrected chi connectivity index (χ4v) is 3.11. The molecular formula is C20H27ClN2O4. The molecular weight excluding hydrogens is 368 g/mol. The lowest BCUT2D eigenvalue weighted by atomic mass is 9.86. The van der Waals surface area contributed by atoms with E-state index in [4.69, 9.17) is 25.8 Å². The van der Waals surface area contributed by atoms with Crippen molar-refractivity contribution < 1.29 is 19.0 Å². The molecule has 1 aromatic heterocycles. The molecule has 6 nitrogen and oxygen atoms in total. The summed E-state index contributed by atoms with van der Waals surface area (Å²) >= 11 is 6.27. The molecule has 0 spiro atoms. The normalized spacial score (nSPS) is 14.4. The zero-order valence-electron chi connectivity index (χ0n) is 16.5. The number of hydrogen-bond acceptors (Lipinski definition) is 6. The number of halogens is 1. The van der Waals surface area contributed by atoms with E-state index >= 15 is 0 Å². The SMILES string of the molecule is CCC(CC(C(=O)OC)C(C)CC)Oc1nc2cc(OC)ccc2nc1Cl. The van der Waals surface area contributed by atoms with Gasteiger partial charge in [-0.05, 0) is 30.9 Å². The summed E-state index contributed by atoms with van der Waals surface area (Å²) in [5, 5.41) is 0.198. The van der Waals surface area contributed by atoms with Crippen molar-refractivity contribution in [3.05, 3.63) is 23.4 Å². The average Bonchev–Trinajstić information content (AvgIpc) is 2.69. The van der Waals surface area contributed by atoms with Gasteiger partial charge in [0.15, 0.2) is 5.15 Å². The fourth-order valence-electron chi connectivity index (χ4n) is 2.93. The van der Waals surface area contributed by atoms with Gasteiger partial charge in [0, 0.05) is 6.07 Å². The van der Waals surface area contributed by atoms with Gasteiger partial charge in [0.05, 0.1) is 31.2 Å². The van der Waals surface area contributed by atoms with E-state index in [2.05, 4.69) is 16.9 Å². The van der Waals surface area contributed by atoms with Crippen LogP contribution in [0.5, 0.6) is 11.6 Å². The Labute approximate surface area is 165 Å². The predicted octanol–water partition coefficient (Wildman–Crippen LogP) is 4.67. The average molecular weight is 395 g/mol. The van der Waals surface area contributed by atoms with Gasteiger partial charge in [0.1, 0.15) is 11.9 Å². The first-order valence-corrected chi connectivity index (χ1v) is 9.56. The second kappa shape index (κ2) is 9.74. The Kier molecular flexibility index (Phi) is 7.66. The molecule has 0 radical (unpaired) electrons. The van der Waals surface area contributed by atoms with Gasteiger partial charge >= 0.3 is 5.97 Å². The summed E-state index contributed by atoms with van der Waals surface area (Å²) in [4.78, 5) is 21.0. The highest BCUT2D eigenvalue weighted by atomic mass is 35.5.